The van der Waals surface area contributed by atoms with Crippen molar-refractivity contribution in [3.05, 3.63) is 41.5 Å². The van der Waals surface area contributed by atoms with E-state index in [0.717, 1.165) is 11.1 Å². The highest BCUT2D eigenvalue weighted by molar-refractivity contribution is 5.71. The molecule has 7 nitrogen and oxygen atoms in total. The molecule has 2 aromatic carbocycles. The van der Waals surface area contributed by atoms with E-state index in [9.17, 15) is 4.79 Å². The third-order valence-corrected chi connectivity index (χ3v) is 4.53. The first-order valence-electron chi connectivity index (χ1n) is 9.01. The van der Waals surface area contributed by atoms with E-state index in [-0.39, 0.29) is 19.3 Å². The van der Waals surface area contributed by atoms with Crippen molar-refractivity contribution in [1.29, 1.82) is 0 Å². The minimum atomic E-state index is -0.426. The lowest BCUT2D eigenvalue weighted by molar-refractivity contribution is -0.145. The van der Waals surface area contributed by atoms with Crippen molar-refractivity contribution in [1.82, 2.24) is 0 Å². The molecule has 2 aromatic rings. The normalized spacial score (nSPS) is 13.0. The van der Waals surface area contributed by atoms with E-state index in [0.29, 0.717) is 35.4 Å². The third kappa shape index (κ3) is 4.08. The summed E-state index contributed by atoms with van der Waals surface area (Å²) < 4.78 is 32.4. The van der Waals surface area contributed by atoms with Crippen LogP contribution in [-0.4, -0.2) is 40.2 Å². The van der Waals surface area contributed by atoms with Gasteiger partial charge in [-0.3, -0.25) is 0 Å². The van der Waals surface area contributed by atoms with E-state index < -0.39 is 5.97 Å². The van der Waals surface area contributed by atoms with Crippen LogP contribution in [0.5, 0.6) is 28.7 Å². The first kappa shape index (κ1) is 19.7. The van der Waals surface area contributed by atoms with Crippen LogP contribution in [0.15, 0.2) is 30.3 Å². The summed E-state index contributed by atoms with van der Waals surface area (Å²) in [4.78, 5) is 11.7. The van der Waals surface area contributed by atoms with Crippen molar-refractivity contribution < 1.29 is 33.2 Å². The fourth-order valence-corrected chi connectivity index (χ4v) is 3.04. The van der Waals surface area contributed by atoms with E-state index in [4.69, 9.17) is 28.4 Å². The van der Waals surface area contributed by atoms with Gasteiger partial charge in [0.05, 0.1) is 20.8 Å². The van der Waals surface area contributed by atoms with Crippen molar-refractivity contribution in [3.8, 4) is 28.7 Å². The largest absolute Gasteiger partial charge is 0.493 e. The molecule has 0 saturated heterocycles. The quantitative estimate of drug-likeness (QED) is 0.641. The molecule has 1 heterocycles. The highest BCUT2D eigenvalue weighted by atomic mass is 16.7. The van der Waals surface area contributed by atoms with Crippen molar-refractivity contribution >= 4 is 5.97 Å². The van der Waals surface area contributed by atoms with Gasteiger partial charge in [-0.2, -0.15) is 0 Å². The summed E-state index contributed by atoms with van der Waals surface area (Å²) in [5.41, 5.74) is 1.86. The molecule has 1 aliphatic heterocycles. The summed E-state index contributed by atoms with van der Waals surface area (Å²) in [6, 6.07) is 9.37. The standard InChI is InChI=1S/C21H24O7/c1-5-25-21(22)11-26-17-10-20-19(27-12-28-20)9-15(17)13(2)14-6-7-16(23-3)18(8-14)24-4/h6-10,13H,5,11-12H2,1-4H3. The van der Waals surface area contributed by atoms with E-state index in [1.807, 2.05) is 31.2 Å². The molecule has 0 fully saturated rings. The molecule has 0 N–H and O–H groups in total. The molecule has 0 aromatic heterocycles. The summed E-state index contributed by atoms with van der Waals surface area (Å²) >= 11 is 0. The maximum atomic E-state index is 11.7. The molecule has 1 atom stereocenters. The second-order valence-corrected chi connectivity index (χ2v) is 6.17. The minimum Gasteiger partial charge on any atom is -0.493 e. The Kier molecular flexibility index (Phi) is 6.13. The zero-order valence-corrected chi connectivity index (χ0v) is 16.4. The van der Waals surface area contributed by atoms with Crippen LogP contribution in [0.4, 0.5) is 0 Å². The van der Waals surface area contributed by atoms with Gasteiger partial charge in [-0.05, 0) is 30.7 Å². The van der Waals surface area contributed by atoms with Gasteiger partial charge in [0, 0.05) is 17.5 Å². The number of carbonyl (C=O) groups is 1. The minimum absolute atomic E-state index is 0.0634. The lowest BCUT2D eigenvalue weighted by Gasteiger charge is -2.19. The molecule has 3 rings (SSSR count). The zero-order valence-electron chi connectivity index (χ0n) is 16.4. The van der Waals surface area contributed by atoms with Crippen LogP contribution in [0.2, 0.25) is 0 Å². The monoisotopic (exact) mass is 388 g/mol. The van der Waals surface area contributed by atoms with Crippen molar-refractivity contribution in [2.45, 2.75) is 19.8 Å². The molecule has 1 unspecified atom stereocenters. The topological polar surface area (TPSA) is 72.5 Å². The highest BCUT2D eigenvalue weighted by Gasteiger charge is 2.23. The maximum absolute atomic E-state index is 11.7. The van der Waals surface area contributed by atoms with Crippen LogP contribution in [-0.2, 0) is 9.53 Å². The first-order chi connectivity index (χ1) is 13.6. The van der Waals surface area contributed by atoms with Crippen LogP contribution in [0, 0.1) is 0 Å². The summed E-state index contributed by atoms with van der Waals surface area (Å²) in [5, 5.41) is 0. The van der Waals surface area contributed by atoms with Gasteiger partial charge in [0.15, 0.2) is 29.6 Å². The Bertz CT molecular complexity index is 847. The Labute approximate surface area is 164 Å². The predicted molar refractivity (Wildman–Crippen MR) is 102 cm³/mol. The first-order valence-corrected chi connectivity index (χ1v) is 9.01. The molecule has 28 heavy (non-hydrogen) atoms. The van der Waals surface area contributed by atoms with Gasteiger partial charge in [0.2, 0.25) is 6.79 Å². The molecular formula is C21H24O7. The van der Waals surface area contributed by atoms with Crippen LogP contribution in [0.1, 0.15) is 30.9 Å². The number of hydrogen-bond acceptors (Lipinski definition) is 7. The number of hydrogen-bond donors (Lipinski definition) is 0. The Morgan fingerprint density at radius 2 is 1.75 bits per heavy atom. The van der Waals surface area contributed by atoms with Crippen LogP contribution in [0.25, 0.3) is 0 Å². The number of ether oxygens (including phenoxy) is 6. The predicted octanol–water partition coefficient (Wildman–Crippen LogP) is 3.53. The van der Waals surface area contributed by atoms with E-state index in [2.05, 4.69) is 0 Å². The fourth-order valence-electron chi connectivity index (χ4n) is 3.04. The molecule has 0 amide bonds. The number of benzene rings is 2. The van der Waals surface area contributed by atoms with Gasteiger partial charge < -0.3 is 28.4 Å². The lowest BCUT2D eigenvalue weighted by Crippen LogP contribution is -2.15. The molecule has 150 valence electrons. The molecule has 7 heteroatoms. The van der Waals surface area contributed by atoms with Crippen molar-refractivity contribution in [2.75, 3.05) is 34.2 Å². The van der Waals surface area contributed by atoms with Crippen molar-refractivity contribution in [2.24, 2.45) is 0 Å². The summed E-state index contributed by atoms with van der Waals surface area (Å²) in [6.45, 7) is 4.07. The molecule has 0 radical (unpaired) electrons. The van der Waals surface area contributed by atoms with Gasteiger partial charge in [0.1, 0.15) is 5.75 Å². The number of rotatable bonds is 8. The smallest absolute Gasteiger partial charge is 0.344 e. The molecular weight excluding hydrogens is 364 g/mol. The van der Waals surface area contributed by atoms with E-state index >= 15 is 0 Å². The zero-order chi connectivity index (χ0) is 20.1. The third-order valence-electron chi connectivity index (χ3n) is 4.53. The van der Waals surface area contributed by atoms with Gasteiger partial charge in [-0.1, -0.05) is 13.0 Å². The Balaban J connectivity index is 1.94. The number of methoxy groups -OCH3 is 2. The number of fused-ring (bicyclic) bond motifs is 1. The molecule has 0 bridgehead atoms. The summed E-state index contributed by atoms with van der Waals surface area (Å²) in [5.74, 6) is 2.58. The van der Waals surface area contributed by atoms with Crippen molar-refractivity contribution in [3.63, 3.8) is 0 Å². The van der Waals surface area contributed by atoms with Gasteiger partial charge in [0.25, 0.3) is 0 Å². The lowest BCUT2D eigenvalue weighted by atomic mass is 9.91. The highest BCUT2D eigenvalue weighted by Crippen LogP contribution is 2.43. The fraction of sp³-hybridized carbons (Fsp3) is 0.381. The second kappa shape index (κ2) is 8.73. The van der Waals surface area contributed by atoms with Crippen LogP contribution in [0.3, 0.4) is 0 Å². The van der Waals surface area contributed by atoms with E-state index in [1.54, 1.807) is 27.2 Å². The van der Waals surface area contributed by atoms with Gasteiger partial charge in [-0.15, -0.1) is 0 Å². The summed E-state index contributed by atoms with van der Waals surface area (Å²) in [7, 11) is 3.20. The Morgan fingerprint density at radius 3 is 2.43 bits per heavy atom. The molecule has 1 aliphatic rings. The van der Waals surface area contributed by atoms with Gasteiger partial charge >= 0.3 is 5.97 Å². The molecule has 0 aliphatic carbocycles. The van der Waals surface area contributed by atoms with E-state index in [1.165, 1.54) is 0 Å². The number of carbonyl (C=O) groups excluding carboxylic acids is 1. The SMILES string of the molecule is CCOC(=O)COc1cc2c(cc1C(C)c1ccc(OC)c(OC)c1)OCO2. The molecule has 0 spiro atoms. The Hall–Kier alpha value is -3.09. The van der Waals surface area contributed by atoms with Crippen LogP contribution < -0.4 is 23.7 Å². The average Bonchev–Trinajstić information content (AvgIpc) is 3.18. The second-order valence-electron chi connectivity index (χ2n) is 6.17. The number of esters is 1. The average molecular weight is 388 g/mol. The van der Waals surface area contributed by atoms with Gasteiger partial charge in [-0.25, -0.2) is 4.79 Å². The Morgan fingerprint density at radius 1 is 1.04 bits per heavy atom. The van der Waals surface area contributed by atoms with Crippen LogP contribution >= 0.6 is 0 Å². The summed E-state index contributed by atoms with van der Waals surface area (Å²) in [6.07, 6.45) is 0. The molecule has 0 saturated carbocycles. The maximum Gasteiger partial charge on any atom is 0.344 e.